The van der Waals surface area contributed by atoms with Crippen LogP contribution in [0.1, 0.15) is 5.56 Å². The van der Waals surface area contributed by atoms with Crippen molar-refractivity contribution in [3.63, 3.8) is 0 Å². The number of anilines is 1. The highest BCUT2D eigenvalue weighted by molar-refractivity contribution is 5.85. The second-order valence-electron chi connectivity index (χ2n) is 3.22. The van der Waals surface area contributed by atoms with E-state index in [2.05, 4.69) is 4.98 Å². The van der Waals surface area contributed by atoms with Gasteiger partial charge in [0.1, 0.15) is 0 Å². The largest absolute Gasteiger partial charge is 0.417 e. The molecule has 0 aliphatic heterocycles. The molecular formula is C10H6F4N2. The molecule has 0 unspecified atom stereocenters. The first-order valence-electron chi connectivity index (χ1n) is 4.31. The number of rotatable bonds is 0. The Hall–Kier alpha value is -1.85. The Morgan fingerprint density at radius 1 is 1.19 bits per heavy atom. The highest BCUT2D eigenvalue weighted by Crippen LogP contribution is 2.36. The van der Waals surface area contributed by atoms with Crippen molar-refractivity contribution in [3.8, 4) is 0 Å². The maximum Gasteiger partial charge on any atom is 0.417 e. The first-order chi connectivity index (χ1) is 7.41. The monoisotopic (exact) mass is 230 g/mol. The van der Waals surface area contributed by atoms with Crippen LogP contribution in [0, 0.1) is 5.82 Å². The summed E-state index contributed by atoms with van der Waals surface area (Å²) in [6, 6.07) is 3.27. The van der Waals surface area contributed by atoms with Gasteiger partial charge in [0.15, 0.2) is 5.82 Å². The van der Waals surface area contributed by atoms with Gasteiger partial charge in [-0.3, -0.25) is 4.98 Å². The number of alkyl halides is 3. The zero-order valence-corrected chi connectivity index (χ0v) is 7.85. The summed E-state index contributed by atoms with van der Waals surface area (Å²) in [5, 5.41) is -0.588. The van der Waals surface area contributed by atoms with Gasteiger partial charge in [0.2, 0.25) is 0 Å². The van der Waals surface area contributed by atoms with E-state index < -0.39 is 28.6 Å². The predicted octanol–water partition coefficient (Wildman–Crippen LogP) is 2.97. The molecule has 0 bridgehead atoms. The fourth-order valence-corrected chi connectivity index (χ4v) is 1.45. The van der Waals surface area contributed by atoms with Crippen molar-refractivity contribution < 1.29 is 17.6 Å². The van der Waals surface area contributed by atoms with Crippen LogP contribution in [0.25, 0.3) is 10.9 Å². The van der Waals surface area contributed by atoms with E-state index in [1.54, 1.807) is 0 Å². The van der Waals surface area contributed by atoms with Crippen molar-refractivity contribution in [2.75, 3.05) is 5.73 Å². The Morgan fingerprint density at radius 3 is 2.50 bits per heavy atom. The van der Waals surface area contributed by atoms with Gasteiger partial charge in [-0.25, -0.2) is 4.39 Å². The van der Waals surface area contributed by atoms with Gasteiger partial charge in [0, 0.05) is 0 Å². The molecule has 1 aromatic carbocycles. The number of benzene rings is 1. The van der Waals surface area contributed by atoms with E-state index in [0.29, 0.717) is 0 Å². The van der Waals surface area contributed by atoms with Gasteiger partial charge in [0.25, 0.3) is 0 Å². The van der Waals surface area contributed by atoms with Crippen LogP contribution in [0.15, 0.2) is 24.4 Å². The summed E-state index contributed by atoms with van der Waals surface area (Å²) in [7, 11) is 0. The second kappa shape index (κ2) is 3.33. The number of halogens is 4. The number of fused-ring (bicyclic) bond motifs is 1. The van der Waals surface area contributed by atoms with Gasteiger partial charge >= 0.3 is 6.18 Å². The van der Waals surface area contributed by atoms with Crippen LogP contribution in [0.5, 0.6) is 0 Å². The first-order valence-corrected chi connectivity index (χ1v) is 4.31. The van der Waals surface area contributed by atoms with Crippen molar-refractivity contribution in [2.24, 2.45) is 0 Å². The Morgan fingerprint density at radius 2 is 1.88 bits per heavy atom. The lowest BCUT2D eigenvalue weighted by molar-refractivity contribution is -0.136. The van der Waals surface area contributed by atoms with E-state index >= 15 is 0 Å². The third-order valence-corrected chi connectivity index (χ3v) is 2.16. The molecular weight excluding hydrogens is 224 g/mol. The third-order valence-electron chi connectivity index (χ3n) is 2.16. The average molecular weight is 230 g/mol. The van der Waals surface area contributed by atoms with Crippen LogP contribution in [-0.2, 0) is 6.18 Å². The van der Waals surface area contributed by atoms with Crippen LogP contribution in [0.4, 0.5) is 23.2 Å². The molecule has 2 N–H and O–H groups in total. The van der Waals surface area contributed by atoms with E-state index in [-0.39, 0.29) is 5.52 Å². The molecule has 0 amide bonds. The molecule has 0 saturated heterocycles. The lowest BCUT2D eigenvalue weighted by Gasteiger charge is -2.11. The highest BCUT2D eigenvalue weighted by atomic mass is 19.4. The van der Waals surface area contributed by atoms with Crippen LogP contribution in [0.2, 0.25) is 0 Å². The Kier molecular flexibility index (Phi) is 2.22. The van der Waals surface area contributed by atoms with Crippen LogP contribution >= 0.6 is 0 Å². The molecule has 2 nitrogen and oxygen atoms in total. The van der Waals surface area contributed by atoms with Crippen LogP contribution < -0.4 is 5.73 Å². The minimum absolute atomic E-state index is 0.0680. The average Bonchev–Trinajstić information content (AvgIpc) is 2.21. The summed E-state index contributed by atoms with van der Waals surface area (Å²) in [6.07, 6.45) is -3.63. The zero-order chi connectivity index (χ0) is 11.9. The summed E-state index contributed by atoms with van der Waals surface area (Å²) >= 11 is 0. The number of nitrogen functional groups attached to an aromatic ring is 1. The summed E-state index contributed by atoms with van der Waals surface area (Å²) in [4.78, 5) is 3.65. The SMILES string of the molecule is Nc1cnc2cccc(C(F)(F)F)c2c1F. The van der Waals surface area contributed by atoms with Crippen molar-refractivity contribution in [1.82, 2.24) is 4.98 Å². The molecule has 0 spiro atoms. The van der Waals surface area contributed by atoms with E-state index in [1.807, 2.05) is 0 Å². The molecule has 6 heteroatoms. The van der Waals surface area contributed by atoms with Crippen LogP contribution in [0.3, 0.4) is 0 Å². The number of hydrogen-bond donors (Lipinski definition) is 1. The van der Waals surface area contributed by atoms with E-state index in [0.717, 1.165) is 12.3 Å². The van der Waals surface area contributed by atoms with Crippen molar-refractivity contribution >= 4 is 16.6 Å². The summed E-state index contributed by atoms with van der Waals surface area (Å²) in [5.41, 5.74) is 3.66. The van der Waals surface area contributed by atoms with Crippen LogP contribution in [-0.4, -0.2) is 4.98 Å². The lowest BCUT2D eigenvalue weighted by atomic mass is 10.1. The maximum atomic E-state index is 13.5. The molecule has 2 aromatic rings. The quantitative estimate of drug-likeness (QED) is 0.706. The van der Waals surface area contributed by atoms with Gasteiger partial charge in [0.05, 0.1) is 28.4 Å². The number of nitrogens with two attached hydrogens (primary N) is 1. The smallest absolute Gasteiger partial charge is 0.395 e. The standard InChI is InChI=1S/C10H6F4N2/c11-9-6(15)4-16-7-3-1-2-5(8(7)9)10(12,13)14/h1-4H,15H2. The topological polar surface area (TPSA) is 38.9 Å². The Labute approximate surface area is 87.7 Å². The highest BCUT2D eigenvalue weighted by Gasteiger charge is 2.34. The molecule has 16 heavy (non-hydrogen) atoms. The van der Waals surface area contributed by atoms with E-state index in [9.17, 15) is 17.6 Å². The molecule has 1 aromatic heterocycles. The molecule has 0 aliphatic carbocycles. The fraction of sp³-hybridized carbons (Fsp3) is 0.100. The van der Waals surface area contributed by atoms with Gasteiger partial charge in [-0.05, 0) is 12.1 Å². The lowest BCUT2D eigenvalue weighted by Crippen LogP contribution is -2.08. The van der Waals surface area contributed by atoms with E-state index in [1.165, 1.54) is 12.1 Å². The number of pyridine rings is 1. The third kappa shape index (κ3) is 1.56. The van der Waals surface area contributed by atoms with Gasteiger partial charge in [-0.1, -0.05) is 6.07 Å². The molecule has 1 heterocycles. The normalized spacial score (nSPS) is 12.0. The molecule has 2 rings (SSSR count). The first kappa shape index (κ1) is 10.7. The molecule has 0 atom stereocenters. The maximum absolute atomic E-state index is 13.5. The van der Waals surface area contributed by atoms with Crippen molar-refractivity contribution in [3.05, 3.63) is 35.8 Å². The Balaban J connectivity index is 2.91. The minimum Gasteiger partial charge on any atom is -0.395 e. The summed E-state index contributed by atoms with van der Waals surface area (Å²) < 4.78 is 51.3. The fourth-order valence-electron chi connectivity index (χ4n) is 1.45. The number of hydrogen-bond acceptors (Lipinski definition) is 2. The number of nitrogens with zero attached hydrogens (tertiary/aromatic N) is 1. The van der Waals surface area contributed by atoms with Gasteiger partial charge < -0.3 is 5.73 Å². The summed E-state index contributed by atoms with van der Waals surface area (Å²) in [5.74, 6) is -1.09. The molecule has 0 radical (unpaired) electrons. The Bertz CT molecular complexity index is 548. The van der Waals surface area contributed by atoms with Gasteiger partial charge in [-0.15, -0.1) is 0 Å². The second-order valence-corrected chi connectivity index (χ2v) is 3.22. The molecule has 0 saturated carbocycles. The predicted molar refractivity (Wildman–Crippen MR) is 51.1 cm³/mol. The number of aromatic nitrogens is 1. The molecule has 0 aliphatic rings. The zero-order valence-electron chi connectivity index (χ0n) is 7.85. The molecule has 0 fully saturated rings. The van der Waals surface area contributed by atoms with E-state index in [4.69, 9.17) is 5.73 Å². The summed E-state index contributed by atoms with van der Waals surface area (Å²) in [6.45, 7) is 0. The van der Waals surface area contributed by atoms with Gasteiger partial charge in [-0.2, -0.15) is 13.2 Å². The molecule has 84 valence electrons. The van der Waals surface area contributed by atoms with Crippen molar-refractivity contribution in [1.29, 1.82) is 0 Å². The minimum atomic E-state index is -4.63. The van der Waals surface area contributed by atoms with Crippen molar-refractivity contribution in [2.45, 2.75) is 6.18 Å².